The van der Waals surface area contributed by atoms with Crippen molar-refractivity contribution < 1.29 is 22.4 Å². The smallest absolute Gasteiger partial charge is 0.322 e. The van der Waals surface area contributed by atoms with Gasteiger partial charge >= 0.3 is 12.2 Å². The van der Waals surface area contributed by atoms with Gasteiger partial charge < -0.3 is 10.2 Å². The molecule has 2 aromatic carbocycles. The predicted molar refractivity (Wildman–Crippen MR) is 104 cm³/mol. The van der Waals surface area contributed by atoms with Crippen LogP contribution >= 0.6 is 23.2 Å². The Labute approximate surface area is 175 Å². The highest BCUT2D eigenvalue weighted by atomic mass is 35.5. The summed E-state index contributed by atoms with van der Waals surface area (Å²) in [6.07, 6.45) is -4.54. The molecule has 0 spiro atoms. The molecular formula is C19H17Cl2F4N3O. The molecule has 0 radical (unpaired) electrons. The maximum atomic E-state index is 13.9. The average Bonchev–Trinajstić information content (AvgIpc) is 2.66. The van der Waals surface area contributed by atoms with Gasteiger partial charge in [-0.3, -0.25) is 4.90 Å². The van der Waals surface area contributed by atoms with Gasteiger partial charge in [0, 0.05) is 43.3 Å². The number of benzene rings is 2. The van der Waals surface area contributed by atoms with Crippen molar-refractivity contribution in [3.63, 3.8) is 0 Å². The Morgan fingerprint density at radius 1 is 1.03 bits per heavy atom. The highest BCUT2D eigenvalue weighted by molar-refractivity contribution is 6.33. The number of amides is 2. The maximum absolute atomic E-state index is 13.9. The van der Waals surface area contributed by atoms with E-state index in [0.29, 0.717) is 43.3 Å². The summed E-state index contributed by atoms with van der Waals surface area (Å²) in [6, 6.07) is 6.68. The van der Waals surface area contributed by atoms with E-state index in [0.717, 1.165) is 18.2 Å². The first kappa shape index (κ1) is 21.7. The van der Waals surface area contributed by atoms with E-state index in [1.54, 1.807) is 6.07 Å². The van der Waals surface area contributed by atoms with Crippen molar-refractivity contribution in [3.05, 3.63) is 63.4 Å². The standard InChI is InChI=1S/C19H17Cl2F4N3O/c20-14-2-1-3-16(22)13(14)11-27-6-8-28(9-7-27)18(29)26-17-10-12(19(23,24)25)4-5-15(17)21/h1-5,10H,6-9,11H2,(H,26,29). The number of piperazine rings is 1. The van der Waals surface area contributed by atoms with E-state index in [4.69, 9.17) is 23.2 Å². The van der Waals surface area contributed by atoms with Crippen LogP contribution in [0.3, 0.4) is 0 Å². The SMILES string of the molecule is O=C(Nc1cc(C(F)(F)F)ccc1Cl)N1CCN(Cc2c(F)cccc2Cl)CC1. The monoisotopic (exact) mass is 449 g/mol. The Morgan fingerprint density at radius 2 is 1.72 bits per heavy atom. The van der Waals surface area contributed by atoms with Gasteiger partial charge in [-0.15, -0.1) is 0 Å². The van der Waals surface area contributed by atoms with Gasteiger partial charge in [0.25, 0.3) is 0 Å². The minimum Gasteiger partial charge on any atom is -0.322 e. The number of alkyl halides is 3. The highest BCUT2D eigenvalue weighted by Crippen LogP contribution is 2.34. The molecule has 10 heteroatoms. The Balaban J connectivity index is 1.59. The lowest BCUT2D eigenvalue weighted by atomic mass is 10.2. The number of halogens is 6. The minimum atomic E-state index is -4.54. The lowest BCUT2D eigenvalue weighted by Crippen LogP contribution is -2.49. The molecule has 0 aliphatic carbocycles. The number of nitrogens with one attached hydrogen (secondary N) is 1. The lowest BCUT2D eigenvalue weighted by molar-refractivity contribution is -0.137. The Hall–Kier alpha value is -2.03. The van der Waals surface area contributed by atoms with Crippen molar-refractivity contribution in [2.24, 2.45) is 0 Å². The Kier molecular flexibility index (Phi) is 6.55. The van der Waals surface area contributed by atoms with Crippen LogP contribution < -0.4 is 5.32 Å². The Morgan fingerprint density at radius 3 is 2.34 bits per heavy atom. The molecule has 29 heavy (non-hydrogen) atoms. The van der Waals surface area contributed by atoms with Crippen LogP contribution in [-0.4, -0.2) is 42.0 Å². The number of hydrogen-bond acceptors (Lipinski definition) is 2. The molecule has 1 heterocycles. The fourth-order valence-corrected chi connectivity index (χ4v) is 3.40. The maximum Gasteiger partial charge on any atom is 0.416 e. The first-order valence-corrected chi connectivity index (χ1v) is 9.48. The van der Waals surface area contributed by atoms with Crippen LogP contribution in [0.4, 0.5) is 28.0 Å². The lowest BCUT2D eigenvalue weighted by Gasteiger charge is -2.35. The number of rotatable bonds is 3. The second-order valence-corrected chi connectivity index (χ2v) is 7.40. The van der Waals surface area contributed by atoms with Crippen molar-refractivity contribution in [1.82, 2.24) is 9.80 Å². The van der Waals surface area contributed by atoms with Crippen LogP contribution in [0.5, 0.6) is 0 Å². The van der Waals surface area contributed by atoms with Crippen LogP contribution in [0.15, 0.2) is 36.4 Å². The van der Waals surface area contributed by atoms with Gasteiger partial charge in [-0.25, -0.2) is 9.18 Å². The number of hydrogen-bond donors (Lipinski definition) is 1. The van der Waals surface area contributed by atoms with E-state index in [2.05, 4.69) is 5.32 Å². The van der Waals surface area contributed by atoms with Crippen molar-refractivity contribution in [2.45, 2.75) is 12.7 Å². The number of urea groups is 1. The molecule has 156 valence electrons. The first-order chi connectivity index (χ1) is 13.6. The van der Waals surface area contributed by atoms with Gasteiger partial charge in [-0.1, -0.05) is 29.3 Å². The zero-order valence-electron chi connectivity index (χ0n) is 15.1. The van der Waals surface area contributed by atoms with Crippen LogP contribution in [0, 0.1) is 5.82 Å². The molecular weight excluding hydrogens is 433 g/mol. The molecule has 0 aromatic heterocycles. The molecule has 3 rings (SSSR count). The third-order valence-electron chi connectivity index (χ3n) is 4.64. The summed E-state index contributed by atoms with van der Waals surface area (Å²) in [5.74, 6) is -0.392. The molecule has 1 aliphatic rings. The van der Waals surface area contributed by atoms with Crippen LogP contribution in [0.25, 0.3) is 0 Å². The quantitative estimate of drug-likeness (QED) is 0.627. The van der Waals surface area contributed by atoms with Crippen molar-refractivity contribution in [1.29, 1.82) is 0 Å². The molecule has 1 fully saturated rings. The second-order valence-electron chi connectivity index (χ2n) is 6.59. The van der Waals surface area contributed by atoms with Gasteiger partial charge in [-0.2, -0.15) is 13.2 Å². The summed E-state index contributed by atoms with van der Waals surface area (Å²) >= 11 is 12.0. The van der Waals surface area contributed by atoms with E-state index in [-0.39, 0.29) is 10.7 Å². The van der Waals surface area contributed by atoms with Crippen molar-refractivity contribution >= 4 is 34.9 Å². The zero-order chi connectivity index (χ0) is 21.2. The first-order valence-electron chi connectivity index (χ1n) is 8.73. The second kappa shape index (κ2) is 8.77. The molecule has 1 N–H and O–H groups in total. The number of nitrogens with zero attached hydrogens (tertiary/aromatic N) is 2. The molecule has 0 saturated carbocycles. The van der Waals surface area contributed by atoms with Gasteiger partial charge in [0.2, 0.25) is 0 Å². The summed E-state index contributed by atoms with van der Waals surface area (Å²) in [4.78, 5) is 15.8. The third-order valence-corrected chi connectivity index (χ3v) is 5.32. The van der Waals surface area contributed by atoms with E-state index >= 15 is 0 Å². The fraction of sp³-hybridized carbons (Fsp3) is 0.316. The van der Waals surface area contributed by atoms with E-state index in [1.807, 2.05) is 4.90 Å². The van der Waals surface area contributed by atoms with Gasteiger partial charge in [0.15, 0.2) is 0 Å². The van der Waals surface area contributed by atoms with Crippen LogP contribution in [0.2, 0.25) is 10.0 Å². The number of carbonyl (C=O) groups excluding carboxylic acids is 1. The van der Waals surface area contributed by atoms with Gasteiger partial charge in [0.05, 0.1) is 16.3 Å². The summed E-state index contributed by atoms with van der Waals surface area (Å²) in [6.45, 7) is 1.90. The van der Waals surface area contributed by atoms with E-state index < -0.39 is 23.6 Å². The zero-order valence-corrected chi connectivity index (χ0v) is 16.6. The molecule has 0 atom stereocenters. The van der Waals surface area contributed by atoms with Crippen LogP contribution in [0.1, 0.15) is 11.1 Å². The highest BCUT2D eigenvalue weighted by Gasteiger charge is 2.31. The number of anilines is 1. The average molecular weight is 450 g/mol. The normalized spacial score (nSPS) is 15.4. The Bertz CT molecular complexity index is 879. The largest absolute Gasteiger partial charge is 0.416 e. The van der Waals surface area contributed by atoms with Gasteiger partial charge in [0.1, 0.15) is 5.82 Å². The molecule has 1 saturated heterocycles. The summed E-state index contributed by atoms with van der Waals surface area (Å²) in [7, 11) is 0. The molecule has 0 unspecified atom stereocenters. The third kappa shape index (κ3) is 5.32. The topological polar surface area (TPSA) is 35.6 Å². The molecule has 0 bridgehead atoms. The van der Waals surface area contributed by atoms with E-state index in [9.17, 15) is 22.4 Å². The molecule has 2 amide bonds. The molecule has 4 nitrogen and oxygen atoms in total. The fourth-order valence-electron chi connectivity index (χ4n) is 3.01. The minimum absolute atomic E-state index is 0.0131. The number of carbonyl (C=O) groups is 1. The summed E-state index contributed by atoms with van der Waals surface area (Å²) < 4.78 is 52.5. The predicted octanol–water partition coefficient (Wildman–Crippen LogP) is 5.50. The summed E-state index contributed by atoms with van der Waals surface area (Å²) in [5, 5.41) is 2.78. The van der Waals surface area contributed by atoms with Crippen LogP contribution in [-0.2, 0) is 12.7 Å². The van der Waals surface area contributed by atoms with Crippen molar-refractivity contribution in [2.75, 3.05) is 31.5 Å². The van der Waals surface area contributed by atoms with Crippen molar-refractivity contribution in [3.8, 4) is 0 Å². The van der Waals surface area contributed by atoms with E-state index in [1.165, 1.54) is 17.0 Å². The molecule has 2 aromatic rings. The van der Waals surface area contributed by atoms with Gasteiger partial charge in [-0.05, 0) is 30.3 Å². The molecule has 1 aliphatic heterocycles. The summed E-state index contributed by atoms with van der Waals surface area (Å²) in [5.41, 5.74) is -0.612.